The van der Waals surface area contributed by atoms with Gasteiger partial charge < -0.3 is 15.8 Å². The van der Waals surface area contributed by atoms with Crippen LogP contribution in [0.3, 0.4) is 0 Å². The van der Waals surface area contributed by atoms with Gasteiger partial charge in [-0.15, -0.1) is 0 Å². The molecular weight excluding hydrogens is 416 g/mol. The summed E-state index contributed by atoms with van der Waals surface area (Å²) in [6.07, 6.45) is 1.62. The number of anilines is 2. The van der Waals surface area contributed by atoms with Crippen LogP contribution in [0.25, 0.3) is 22.2 Å². The Kier molecular flexibility index (Phi) is 5.16. The molecule has 0 saturated carbocycles. The lowest BCUT2D eigenvalue weighted by atomic mass is 10.2. The molecule has 0 atom stereocenters. The number of hydrogen-bond donors (Lipinski definition) is 2. The van der Waals surface area contributed by atoms with E-state index < -0.39 is 0 Å². The third-order valence-electron chi connectivity index (χ3n) is 5.18. The van der Waals surface area contributed by atoms with E-state index in [1.54, 1.807) is 25.5 Å². The number of nitrogens with zero attached hydrogens (tertiary/aromatic N) is 4. The van der Waals surface area contributed by atoms with Crippen LogP contribution in [-0.2, 0) is 0 Å². The molecule has 162 valence electrons. The number of aromatic nitrogens is 3. The molecule has 0 unspecified atom stereocenters. The molecule has 0 aliphatic carbocycles. The summed E-state index contributed by atoms with van der Waals surface area (Å²) in [5, 5.41) is 7.41. The molecule has 0 aliphatic rings. The molecule has 5 aromatic rings. The number of ether oxygens (including phenoxy) is 1. The Labute approximate surface area is 189 Å². The lowest BCUT2D eigenvalue weighted by molar-refractivity contribution is 0.102. The van der Waals surface area contributed by atoms with Gasteiger partial charge in [0.05, 0.1) is 24.4 Å². The summed E-state index contributed by atoms with van der Waals surface area (Å²) in [6, 6.07) is 24.1. The van der Waals surface area contributed by atoms with E-state index in [9.17, 15) is 4.79 Å². The number of hydrogen-bond acceptors (Lipinski definition) is 6. The summed E-state index contributed by atoms with van der Waals surface area (Å²) in [4.78, 5) is 22.6. The first-order chi connectivity index (χ1) is 16.2. The third-order valence-corrected chi connectivity index (χ3v) is 5.18. The number of nitrogen functional groups attached to an aromatic ring is 1. The third kappa shape index (κ3) is 3.74. The Bertz CT molecular complexity index is 1510. The number of methoxy groups -OCH3 is 1. The molecule has 3 aromatic carbocycles. The number of amides is 1. The van der Waals surface area contributed by atoms with Crippen LogP contribution >= 0.6 is 0 Å². The average molecular weight is 436 g/mol. The van der Waals surface area contributed by atoms with Crippen molar-refractivity contribution in [2.75, 3.05) is 18.2 Å². The maximum atomic E-state index is 13.2. The molecule has 8 heteroatoms. The number of benzene rings is 3. The summed E-state index contributed by atoms with van der Waals surface area (Å²) in [6.45, 7) is 0. The van der Waals surface area contributed by atoms with Crippen molar-refractivity contribution in [2.24, 2.45) is 5.10 Å². The Balaban J connectivity index is 1.68. The second-order valence-electron chi connectivity index (χ2n) is 7.26. The van der Waals surface area contributed by atoms with Gasteiger partial charge in [0.25, 0.3) is 5.91 Å². The van der Waals surface area contributed by atoms with Crippen molar-refractivity contribution in [2.45, 2.75) is 0 Å². The molecule has 0 saturated heterocycles. The lowest BCUT2D eigenvalue weighted by Crippen LogP contribution is -2.14. The van der Waals surface area contributed by atoms with Crippen molar-refractivity contribution in [3.63, 3.8) is 0 Å². The molecule has 0 fully saturated rings. The van der Waals surface area contributed by atoms with Gasteiger partial charge in [0.15, 0.2) is 5.65 Å². The maximum Gasteiger partial charge on any atom is 0.261 e. The second kappa shape index (κ2) is 8.43. The molecule has 33 heavy (non-hydrogen) atoms. The van der Waals surface area contributed by atoms with Gasteiger partial charge in [-0.05, 0) is 36.4 Å². The van der Waals surface area contributed by atoms with Gasteiger partial charge in [-0.2, -0.15) is 9.78 Å². The van der Waals surface area contributed by atoms with Gasteiger partial charge in [-0.1, -0.05) is 42.5 Å². The van der Waals surface area contributed by atoms with Crippen LogP contribution in [0, 0.1) is 0 Å². The largest absolute Gasteiger partial charge is 0.496 e. The van der Waals surface area contributed by atoms with Gasteiger partial charge in [-0.3, -0.25) is 4.79 Å². The zero-order chi connectivity index (χ0) is 22.8. The lowest BCUT2D eigenvalue weighted by Gasteiger charge is -2.05. The minimum Gasteiger partial charge on any atom is -0.496 e. The zero-order valence-electron chi connectivity index (χ0n) is 17.8. The summed E-state index contributed by atoms with van der Waals surface area (Å²) in [5.74, 6) is 0.411. The number of rotatable bonds is 5. The summed E-state index contributed by atoms with van der Waals surface area (Å²) < 4.78 is 6.83. The number of nitrogens with two attached hydrogens (primary N) is 1. The molecule has 0 radical (unpaired) electrons. The summed E-state index contributed by atoms with van der Waals surface area (Å²) in [7, 11) is 1.59. The average Bonchev–Trinajstić information content (AvgIpc) is 3.12. The van der Waals surface area contributed by atoms with E-state index >= 15 is 0 Å². The summed E-state index contributed by atoms with van der Waals surface area (Å²) in [5.41, 5.74) is 10.1. The fourth-order valence-electron chi connectivity index (χ4n) is 3.60. The zero-order valence-corrected chi connectivity index (χ0v) is 17.8. The Hall–Kier alpha value is -4.72. The molecule has 1 amide bonds. The highest BCUT2D eigenvalue weighted by molar-refractivity contribution is 6.16. The first-order valence-corrected chi connectivity index (χ1v) is 10.3. The van der Waals surface area contributed by atoms with Gasteiger partial charge in [0, 0.05) is 11.3 Å². The minimum atomic E-state index is -0.389. The van der Waals surface area contributed by atoms with Crippen molar-refractivity contribution in [1.82, 2.24) is 14.6 Å². The van der Waals surface area contributed by atoms with Crippen LogP contribution in [0.5, 0.6) is 5.75 Å². The van der Waals surface area contributed by atoms with E-state index in [1.807, 2.05) is 66.7 Å². The van der Waals surface area contributed by atoms with E-state index in [0.29, 0.717) is 33.6 Å². The first kappa shape index (κ1) is 20.2. The Morgan fingerprint density at radius 1 is 0.970 bits per heavy atom. The maximum absolute atomic E-state index is 13.2. The molecule has 0 aliphatic heterocycles. The van der Waals surface area contributed by atoms with Crippen molar-refractivity contribution < 1.29 is 9.53 Å². The van der Waals surface area contributed by atoms with Gasteiger partial charge in [0.2, 0.25) is 0 Å². The highest BCUT2D eigenvalue weighted by atomic mass is 16.5. The van der Waals surface area contributed by atoms with E-state index in [1.165, 1.54) is 4.68 Å². The van der Waals surface area contributed by atoms with Crippen LogP contribution in [0.4, 0.5) is 11.5 Å². The molecule has 0 spiro atoms. The fraction of sp³-hybridized carbons (Fsp3) is 0.0400. The first-order valence-electron chi connectivity index (χ1n) is 10.3. The highest BCUT2D eigenvalue weighted by Gasteiger charge is 2.24. The molecular formula is C25H20N6O2. The smallest absolute Gasteiger partial charge is 0.261 e. The Morgan fingerprint density at radius 3 is 2.39 bits per heavy atom. The van der Waals surface area contributed by atoms with Crippen LogP contribution < -0.4 is 15.8 Å². The predicted molar refractivity (Wildman–Crippen MR) is 130 cm³/mol. The van der Waals surface area contributed by atoms with Gasteiger partial charge in [-0.25, -0.2) is 9.97 Å². The number of nitrogens with one attached hydrogen (secondary N) is 1. The molecule has 8 nitrogen and oxygen atoms in total. The number of carbonyl (C=O) groups is 1. The highest BCUT2D eigenvalue weighted by Crippen LogP contribution is 2.29. The van der Waals surface area contributed by atoms with E-state index in [2.05, 4.69) is 15.4 Å². The Morgan fingerprint density at radius 2 is 1.64 bits per heavy atom. The topological polar surface area (TPSA) is 107 Å². The standard InChI is InChI=1S/C25H20N6O2/c1-33-20-14-8-5-9-16(20)15-27-31-23(26)21(25(32)28-17-10-3-2-4-11-17)22-24(31)30-19-13-7-6-12-18(19)29-22/h2-15H,26H2,1H3,(H,28,32)/b27-15+. The van der Waals surface area contributed by atoms with Crippen molar-refractivity contribution in [3.8, 4) is 5.75 Å². The normalized spacial score (nSPS) is 11.3. The van der Waals surface area contributed by atoms with Crippen LogP contribution in [-0.4, -0.2) is 33.9 Å². The predicted octanol–water partition coefficient (Wildman–Crippen LogP) is 4.31. The van der Waals surface area contributed by atoms with E-state index in [0.717, 1.165) is 5.56 Å². The van der Waals surface area contributed by atoms with E-state index in [4.69, 9.17) is 15.5 Å². The second-order valence-corrected chi connectivity index (χ2v) is 7.26. The molecule has 0 bridgehead atoms. The number of carbonyl (C=O) groups excluding carboxylic acids is 1. The fourth-order valence-corrected chi connectivity index (χ4v) is 3.60. The molecule has 2 aromatic heterocycles. The van der Waals surface area contributed by atoms with Gasteiger partial charge in [0.1, 0.15) is 22.6 Å². The van der Waals surface area contributed by atoms with Crippen molar-refractivity contribution in [3.05, 3.63) is 90.0 Å². The van der Waals surface area contributed by atoms with Crippen molar-refractivity contribution in [1.29, 1.82) is 0 Å². The van der Waals surface area contributed by atoms with E-state index in [-0.39, 0.29) is 17.3 Å². The monoisotopic (exact) mass is 436 g/mol. The van der Waals surface area contributed by atoms with Crippen molar-refractivity contribution >= 4 is 45.8 Å². The SMILES string of the molecule is COc1ccccc1/C=N/n1c(N)c(C(=O)Nc2ccccc2)c2nc3ccccc3nc21. The quantitative estimate of drug-likeness (QED) is 0.399. The summed E-state index contributed by atoms with van der Waals surface area (Å²) >= 11 is 0. The van der Waals surface area contributed by atoms with Gasteiger partial charge >= 0.3 is 0 Å². The van der Waals surface area contributed by atoms with Crippen LogP contribution in [0.2, 0.25) is 0 Å². The van der Waals surface area contributed by atoms with Crippen LogP contribution in [0.1, 0.15) is 15.9 Å². The number of fused-ring (bicyclic) bond motifs is 2. The van der Waals surface area contributed by atoms with Crippen LogP contribution in [0.15, 0.2) is 84.0 Å². The number of para-hydroxylation sites is 4. The molecule has 3 N–H and O–H groups in total. The minimum absolute atomic E-state index is 0.139. The molecule has 2 heterocycles. The molecule has 5 rings (SSSR count).